The maximum Gasteiger partial charge on any atom is 0.343 e. The summed E-state index contributed by atoms with van der Waals surface area (Å²) in [7, 11) is 0. The van der Waals surface area contributed by atoms with Gasteiger partial charge < -0.3 is 9.84 Å². The van der Waals surface area contributed by atoms with Crippen molar-refractivity contribution in [2.75, 3.05) is 6.61 Å². The molecule has 0 amide bonds. The average Bonchev–Trinajstić information content (AvgIpc) is 2.32. The molecule has 1 heterocycles. The molecule has 0 saturated carbocycles. The van der Waals surface area contributed by atoms with E-state index in [9.17, 15) is 4.79 Å². The SMILES string of the molecule is CCOC(=O)c1c(C)[nH][nH]c1=S. The van der Waals surface area contributed by atoms with Crippen molar-refractivity contribution in [2.24, 2.45) is 0 Å². The van der Waals surface area contributed by atoms with Crippen molar-refractivity contribution in [3.8, 4) is 0 Å². The lowest BCUT2D eigenvalue weighted by Crippen LogP contribution is -2.05. The zero-order valence-electron chi connectivity index (χ0n) is 6.93. The van der Waals surface area contributed by atoms with Crippen molar-refractivity contribution < 1.29 is 9.53 Å². The summed E-state index contributed by atoms with van der Waals surface area (Å²) in [5, 5.41) is 5.41. The Morgan fingerprint density at radius 3 is 2.67 bits per heavy atom. The van der Waals surface area contributed by atoms with Gasteiger partial charge in [-0.15, -0.1) is 0 Å². The Labute approximate surface area is 74.9 Å². The number of hydrogen-bond donors (Lipinski definition) is 2. The van der Waals surface area contributed by atoms with Gasteiger partial charge >= 0.3 is 5.97 Å². The van der Waals surface area contributed by atoms with Gasteiger partial charge in [-0.3, -0.25) is 5.10 Å². The van der Waals surface area contributed by atoms with Crippen LogP contribution in [0.15, 0.2) is 0 Å². The van der Waals surface area contributed by atoms with E-state index in [1.54, 1.807) is 13.8 Å². The lowest BCUT2D eigenvalue weighted by atomic mass is 10.3. The normalized spacial score (nSPS) is 9.83. The van der Waals surface area contributed by atoms with E-state index in [4.69, 9.17) is 17.0 Å². The van der Waals surface area contributed by atoms with Gasteiger partial charge in [-0.25, -0.2) is 4.79 Å². The fourth-order valence-electron chi connectivity index (χ4n) is 0.895. The molecule has 66 valence electrons. The van der Waals surface area contributed by atoms with Crippen molar-refractivity contribution in [1.29, 1.82) is 0 Å². The molecule has 12 heavy (non-hydrogen) atoms. The van der Waals surface area contributed by atoms with Crippen LogP contribution in [0.25, 0.3) is 0 Å². The lowest BCUT2D eigenvalue weighted by Gasteiger charge is -1.98. The number of carbonyl (C=O) groups is 1. The van der Waals surface area contributed by atoms with Crippen LogP contribution in [0.3, 0.4) is 0 Å². The molecule has 5 heteroatoms. The van der Waals surface area contributed by atoms with E-state index in [2.05, 4.69) is 10.2 Å². The highest BCUT2D eigenvalue weighted by Gasteiger charge is 2.13. The van der Waals surface area contributed by atoms with Gasteiger partial charge in [0.25, 0.3) is 0 Å². The first-order valence-corrected chi connectivity index (χ1v) is 4.02. The van der Waals surface area contributed by atoms with Crippen LogP contribution in [0.4, 0.5) is 0 Å². The van der Waals surface area contributed by atoms with E-state index in [0.29, 0.717) is 22.5 Å². The predicted octanol–water partition coefficient (Wildman–Crippen LogP) is 1.56. The highest BCUT2D eigenvalue weighted by Crippen LogP contribution is 2.07. The van der Waals surface area contributed by atoms with Crippen LogP contribution in [0, 0.1) is 11.6 Å². The van der Waals surface area contributed by atoms with Gasteiger partial charge in [0, 0.05) is 5.69 Å². The molecule has 0 fully saturated rings. The third-order valence-electron chi connectivity index (χ3n) is 1.45. The smallest absolute Gasteiger partial charge is 0.343 e. The Morgan fingerprint density at radius 1 is 1.58 bits per heavy atom. The molecule has 4 nitrogen and oxygen atoms in total. The van der Waals surface area contributed by atoms with Crippen LogP contribution >= 0.6 is 12.2 Å². The molecule has 0 aromatic carbocycles. The molecule has 1 aromatic rings. The largest absolute Gasteiger partial charge is 0.462 e. The Bertz CT molecular complexity index is 339. The van der Waals surface area contributed by atoms with Gasteiger partial charge in [0.2, 0.25) is 0 Å². The molecule has 0 saturated heterocycles. The minimum Gasteiger partial charge on any atom is -0.462 e. The second kappa shape index (κ2) is 3.53. The van der Waals surface area contributed by atoms with E-state index in [1.165, 1.54) is 0 Å². The van der Waals surface area contributed by atoms with Crippen LogP contribution in [0.5, 0.6) is 0 Å². The van der Waals surface area contributed by atoms with Gasteiger partial charge in [-0.1, -0.05) is 12.2 Å². The number of esters is 1. The van der Waals surface area contributed by atoms with Crippen LogP contribution in [0.2, 0.25) is 0 Å². The summed E-state index contributed by atoms with van der Waals surface area (Å²) in [4.78, 5) is 11.2. The zero-order chi connectivity index (χ0) is 9.14. The third-order valence-corrected chi connectivity index (χ3v) is 1.75. The van der Waals surface area contributed by atoms with Gasteiger partial charge in [-0.05, 0) is 13.8 Å². The minimum absolute atomic E-state index is 0.359. The van der Waals surface area contributed by atoms with E-state index >= 15 is 0 Å². The molecule has 1 aromatic heterocycles. The van der Waals surface area contributed by atoms with Gasteiger partial charge in [0.05, 0.1) is 6.61 Å². The number of hydrogen-bond acceptors (Lipinski definition) is 3. The first-order valence-electron chi connectivity index (χ1n) is 3.61. The Kier molecular flexibility index (Phi) is 2.65. The predicted molar refractivity (Wildman–Crippen MR) is 46.7 cm³/mol. The highest BCUT2D eigenvalue weighted by molar-refractivity contribution is 7.71. The lowest BCUT2D eigenvalue weighted by molar-refractivity contribution is 0.0525. The summed E-state index contributed by atoms with van der Waals surface area (Å²) in [6.45, 7) is 3.88. The standard InChI is InChI=1S/C7H10N2O2S/c1-3-11-7(10)5-4(2)8-9-6(5)12/h3H2,1-2H3,(H2,8,9,12). The molecule has 0 aliphatic rings. The maximum atomic E-state index is 11.2. The summed E-state index contributed by atoms with van der Waals surface area (Å²) in [6, 6.07) is 0. The monoisotopic (exact) mass is 186 g/mol. The fraction of sp³-hybridized carbons (Fsp3) is 0.429. The summed E-state index contributed by atoms with van der Waals surface area (Å²) in [5.74, 6) is -0.377. The van der Waals surface area contributed by atoms with E-state index in [1.807, 2.05) is 0 Å². The zero-order valence-corrected chi connectivity index (χ0v) is 7.75. The van der Waals surface area contributed by atoms with Gasteiger partial charge in [-0.2, -0.15) is 0 Å². The number of nitrogens with one attached hydrogen (secondary N) is 2. The molecule has 0 radical (unpaired) electrons. The average molecular weight is 186 g/mol. The maximum absolute atomic E-state index is 11.2. The quantitative estimate of drug-likeness (QED) is 0.544. The first-order chi connectivity index (χ1) is 5.66. The van der Waals surface area contributed by atoms with Crippen LogP contribution in [0.1, 0.15) is 23.0 Å². The number of aryl methyl sites for hydroxylation is 1. The fourth-order valence-corrected chi connectivity index (χ4v) is 1.18. The van der Waals surface area contributed by atoms with Crippen molar-refractivity contribution in [3.05, 3.63) is 15.9 Å². The highest BCUT2D eigenvalue weighted by atomic mass is 32.1. The molecule has 1 rings (SSSR count). The summed E-state index contributed by atoms with van der Waals surface area (Å²) < 4.78 is 5.20. The molecular weight excluding hydrogens is 176 g/mol. The van der Waals surface area contributed by atoms with Crippen molar-refractivity contribution in [1.82, 2.24) is 10.2 Å². The topological polar surface area (TPSA) is 57.9 Å². The molecule has 0 aliphatic heterocycles. The number of carbonyl (C=O) groups excluding carboxylic acids is 1. The van der Waals surface area contributed by atoms with E-state index in [-0.39, 0.29) is 5.97 Å². The molecular formula is C7H10N2O2S. The molecule has 0 spiro atoms. The molecule has 0 bridgehead atoms. The van der Waals surface area contributed by atoms with Gasteiger partial charge in [0.1, 0.15) is 10.2 Å². The number of ether oxygens (including phenoxy) is 1. The minimum atomic E-state index is -0.377. The van der Waals surface area contributed by atoms with E-state index < -0.39 is 0 Å². The Morgan fingerprint density at radius 2 is 2.25 bits per heavy atom. The second-order valence-electron chi connectivity index (χ2n) is 2.30. The second-order valence-corrected chi connectivity index (χ2v) is 2.71. The first kappa shape index (κ1) is 8.99. The van der Waals surface area contributed by atoms with Crippen molar-refractivity contribution in [3.63, 3.8) is 0 Å². The van der Waals surface area contributed by atoms with Crippen LogP contribution in [-0.4, -0.2) is 22.8 Å². The summed E-state index contributed by atoms with van der Waals surface area (Å²) in [6.07, 6.45) is 0. The summed E-state index contributed by atoms with van der Waals surface area (Å²) >= 11 is 4.88. The number of aromatic amines is 2. The number of rotatable bonds is 2. The molecule has 0 unspecified atom stereocenters. The molecule has 0 atom stereocenters. The van der Waals surface area contributed by atoms with Crippen LogP contribution < -0.4 is 0 Å². The molecule has 2 N–H and O–H groups in total. The van der Waals surface area contributed by atoms with Crippen LogP contribution in [-0.2, 0) is 4.74 Å². The Hall–Kier alpha value is -1.10. The van der Waals surface area contributed by atoms with Crippen molar-refractivity contribution in [2.45, 2.75) is 13.8 Å². The third kappa shape index (κ3) is 1.55. The van der Waals surface area contributed by atoms with Crippen molar-refractivity contribution >= 4 is 18.2 Å². The number of aromatic nitrogens is 2. The van der Waals surface area contributed by atoms with E-state index in [0.717, 1.165) is 0 Å². The number of H-pyrrole nitrogens is 2. The Balaban J connectivity index is 3.01. The summed E-state index contributed by atoms with van der Waals surface area (Å²) in [5.41, 5.74) is 1.13. The molecule has 0 aliphatic carbocycles. The van der Waals surface area contributed by atoms with Gasteiger partial charge in [0.15, 0.2) is 0 Å².